The maximum atomic E-state index is 13.4. The zero-order valence-corrected chi connectivity index (χ0v) is 16.6. The van der Waals surface area contributed by atoms with Crippen molar-refractivity contribution >= 4 is 28.1 Å². The van der Waals surface area contributed by atoms with Crippen molar-refractivity contribution < 1.29 is 9.53 Å². The largest absolute Gasteiger partial charge is 0.378 e. The number of fused-ring (bicyclic) bond motifs is 1. The monoisotopic (exact) mass is 401 g/mol. The van der Waals surface area contributed by atoms with Gasteiger partial charge in [-0.2, -0.15) is 0 Å². The Hall–Kier alpha value is -3.09. The predicted molar refractivity (Wildman–Crippen MR) is 115 cm³/mol. The molecule has 0 unspecified atom stereocenters. The second kappa shape index (κ2) is 7.73. The van der Waals surface area contributed by atoms with Crippen molar-refractivity contribution in [2.24, 2.45) is 0 Å². The van der Waals surface area contributed by atoms with E-state index in [9.17, 15) is 4.79 Å². The number of pyridine rings is 2. The third kappa shape index (κ3) is 3.41. The normalized spacial score (nSPS) is 14.3. The van der Waals surface area contributed by atoms with E-state index in [2.05, 4.69) is 11.1 Å². The standard InChI is InChI=1S/C23H19N3O2S/c27-23(26-8-10-28-11-9-26)17-13-20(16-5-2-1-3-6-16)25-22-18(17)14-24-15-19(22)21-7-4-12-29-21/h1-7,12-15H,8-11H2. The van der Waals surface area contributed by atoms with Crippen LogP contribution < -0.4 is 0 Å². The van der Waals surface area contributed by atoms with Gasteiger partial charge in [-0.25, -0.2) is 4.98 Å². The van der Waals surface area contributed by atoms with Crippen LogP contribution in [0.2, 0.25) is 0 Å². The topological polar surface area (TPSA) is 55.3 Å². The lowest BCUT2D eigenvalue weighted by atomic mass is 10.0. The van der Waals surface area contributed by atoms with Crippen molar-refractivity contribution in [2.75, 3.05) is 26.3 Å². The first kappa shape index (κ1) is 18.0. The number of carbonyl (C=O) groups excluding carboxylic acids is 1. The summed E-state index contributed by atoms with van der Waals surface area (Å²) in [6.45, 7) is 2.33. The summed E-state index contributed by atoms with van der Waals surface area (Å²) >= 11 is 1.64. The molecule has 0 spiro atoms. The molecule has 0 radical (unpaired) electrons. The molecule has 4 heterocycles. The lowest BCUT2D eigenvalue weighted by molar-refractivity contribution is 0.0304. The lowest BCUT2D eigenvalue weighted by Gasteiger charge is -2.27. The van der Waals surface area contributed by atoms with Gasteiger partial charge in [-0.05, 0) is 17.5 Å². The number of carbonyl (C=O) groups is 1. The van der Waals surface area contributed by atoms with Gasteiger partial charge >= 0.3 is 0 Å². The summed E-state index contributed by atoms with van der Waals surface area (Å²) in [6, 6.07) is 15.9. The fourth-order valence-electron chi connectivity index (χ4n) is 3.62. The van der Waals surface area contributed by atoms with Gasteiger partial charge < -0.3 is 9.64 Å². The molecule has 4 aromatic rings. The Morgan fingerprint density at radius 1 is 1.03 bits per heavy atom. The van der Waals surface area contributed by atoms with Crippen LogP contribution in [-0.2, 0) is 4.74 Å². The van der Waals surface area contributed by atoms with Gasteiger partial charge in [0, 0.05) is 46.9 Å². The van der Waals surface area contributed by atoms with Gasteiger partial charge in [0.05, 0.1) is 30.0 Å². The van der Waals surface area contributed by atoms with Crippen LogP contribution in [0.25, 0.3) is 32.6 Å². The van der Waals surface area contributed by atoms with E-state index in [0.717, 1.165) is 32.6 Å². The minimum atomic E-state index is 0.00279. The molecule has 5 rings (SSSR count). The third-order valence-electron chi connectivity index (χ3n) is 5.11. The number of ether oxygens (including phenoxy) is 1. The summed E-state index contributed by atoms with van der Waals surface area (Å²) in [7, 11) is 0. The average molecular weight is 401 g/mol. The van der Waals surface area contributed by atoms with E-state index in [4.69, 9.17) is 9.72 Å². The first-order valence-electron chi connectivity index (χ1n) is 9.56. The Bertz CT molecular complexity index is 1150. The Morgan fingerprint density at radius 3 is 2.62 bits per heavy atom. The Kier molecular flexibility index (Phi) is 4.79. The predicted octanol–water partition coefficient (Wildman–Crippen LogP) is 4.50. The quantitative estimate of drug-likeness (QED) is 0.507. The number of hydrogen-bond donors (Lipinski definition) is 0. The van der Waals surface area contributed by atoms with Crippen molar-refractivity contribution in [3.05, 3.63) is 71.9 Å². The zero-order chi connectivity index (χ0) is 19.6. The van der Waals surface area contributed by atoms with E-state index in [1.165, 1.54) is 0 Å². The van der Waals surface area contributed by atoms with Crippen LogP contribution in [0.4, 0.5) is 0 Å². The zero-order valence-electron chi connectivity index (χ0n) is 15.7. The Balaban J connectivity index is 1.74. The Labute approximate surface area is 172 Å². The maximum Gasteiger partial charge on any atom is 0.254 e. The SMILES string of the molecule is O=C(c1cc(-c2ccccc2)nc2c(-c3cccs3)cncc12)N1CCOCC1. The number of morpholine rings is 1. The van der Waals surface area contributed by atoms with Gasteiger partial charge in [0.2, 0.25) is 0 Å². The van der Waals surface area contributed by atoms with Crippen molar-refractivity contribution in [1.82, 2.24) is 14.9 Å². The second-order valence-electron chi connectivity index (χ2n) is 6.89. The molecule has 0 aliphatic carbocycles. The molecule has 29 heavy (non-hydrogen) atoms. The van der Waals surface area contributed by atoms with E-state index in [1.807, 2.05) is 58.9 Å². The van der Waals surface area contributed by atoms with Gasteiger partial charge in [0.25, 0.3) is 5.91 Å². The number of nitrogens with zero attached hydrogens (tertiary/aromatic N) is 3. The fraction of sp³-hybridized carbons (Fsp3) is 0.174. The highest BCUT2D eigenvalue weighted by molar-refractivity contribution is 7.13. The Morgan fingerprint density at radius 2 is 1.86 bits per heavy atom. The van der Waals surface area contributed by atoms with Crippen LogP contribution in [0.1, 0.15) is 10.4 Å². The van der Waals surface area contributed by atoms with Crippen LogP contribution in [0.3, 0.4) is 0 Å². The molecule has 0 bridgehead atoms. The smallest absolute Gasteiger partial charge is 0.254 e. The van der Waals surface area contributed by atoms with Crippen molar-refractivity contribution in [1.29, 1.82) is 0 Å². The molecule has 144 valence electrons. The minimum Gasteiger partial charge on any atom is -0.378 e. The maximum absolute atomic E-state index is 13.4. The number of amides is 1. The minimum absolute atomic E-state index is 0.00279. The molecular formula is C23H19N3O2S. The molecule has 1 aromatic carbocycles. The highest BCUT2D eigenvalue weighted by Crippen LogP contribution is 2.33. The van der Waals surface area contributed by atoms with Crippen LogP contribution in [0.5, 0.6) is 0 Å². The third-order valence-corrected chi connectivity index (χ3v) is 6.01. The first-order valence-corrected chi connectivity index (χ1v) is 10.4. The summed E-state index contributed by atoms with van der Waals surface area (Å²) < 4.78 is 5.42. The van der Waals surface area contributed by atoms with Crippen LogP contribution in [0.15, 0.2) is 66.3 Å². The second-order valence-corrected chi connectivity index (χ2v) is 7.83. The van der Waals surface area contributed by atoms with E-state index in [-0.39, 0.29) is 5.91 Å². The van der Waals surface area contributed by atoms with Gasteiger partial charge in [0.15, 0.2) is 0 Å². The van der Waals surface area contributed by atoms with E-state index >= 15 is 0 Å². The summed E-state index contributed by atoms with van der Waals surface area (Å²) in [6.07, 6.45) is 3.58. The molecule has 0 saturated carbocycles. The van der Waals surface area contributed by atoms with Gasteiger partial charge in [-0.15, -0.1) is 11.3 Å². The summed E-state index contributed by atoms with van der Waals surface area (Å²) in [4.78, 5) is 25.7. The molecule has 1 aliphatic rings. The first-order chi connectivity index (χ1) is 14.3. The molecule has 3 aromatic heterocycles. The van der Waals surface area contributed by atoms with Crippen LogP contribution in [0, 0.1) is 0 Å². The summed E-state index contributed by atoms with van der Waals surface area (Å²) in [5.41, 5.74) is 4.17. The lowest BCUT2D eigenvalue weighted by Crippen LogP contribution is -2.40. The van der Waals surface area contributed by atoms with Crippen LogP contribution >= 0.6 is 11.3 Å². The van der Waals surface area contributed by atoms with Crippen LogP contribution in [-0.4, -0.2) is 47.1 Å². The van der Waals surface area contributed by atoms with Crippen molar-refractivity contribution in [2.45, 2.75) is 0 Å². The van der Waals surface area contributed by atoms with Gasteiger partial charge in [-0.1, -0.05) is 36.4 Å². The number of aromatic nitrogens is 2. The van der Waals surface area contributed by atoms with Crippen molar-refractivity contribution in [3.63, 3.8) is 0 Å². The average Bonchev–Trinajstić information content (AvgIpc) is 3.33. The summed E-state index contributed by atoms with van der Waals surface area (Å²) in [5.74, 6) is 0.00279. The van der Waals surface area contributed by atoms with Gasteiger partial charge in [-0.3, -0.25) is 9.78 Å². The van der Waals surface area contributed by atoms with Crippen molar-refractivity contribution in [3.8, 4) is 21.7 Å². The summed E-state index contributed by atoms with van der Waals surface area (Å²) in [5, 5.41) is 2.82. The molecule has 0 N–H and O–H groups in total. The van der Waals surface area contributed by atoms with Gasteiger partial charge in [0.1, 0.15) is 0 Å². The molecular weight excluding hydrogens is 382 g/mol. The molecule has 1 saturated heterocycles. The highest BCUT2D eigenvalue weighted by Gasteiger charge is 2.23. The van der Waals surface area contributed by atoms with E-state index in [0.29, 0.717) is 31.9 Å². The number of hydrogen-bond acceptors (Lipinski definition) is 5. The van der Waals surface area contributed by atoms with E-state index < -0.39 is 0 Å². The molecule has 6 heteroatoms. The molecule has 1 aliphatic heterocycles. The fourth-order valence-corrected chi connectivity index (χ4v) is 4.36. The molecule has 1 fully saturated rings. The molecule has 1 amide bonds. The number of benzene rings is 1. The number of rotatable bonds is 3. The highest BCUT2D eigenvalue weighted by atomic mass is 32.1. The van der Waals surface area contributed by atoms with E-state index in [1.54, 1.807) is 17.5 Å². The number of thiophene rings is 1. The molecule has 0 atom stereocenters. The molecule has 5 nitrogen and oxygen atoms in total.